The Balaban J connectivity index is 1.80. The SMILES string of the molecule is CC(C)(C)OC(=O)NC1(CCOS(C)(=O)=O)CN(C(c2ccccc2)c2ccccc2)C1. The number of benzene rings is 2. The molecule has 2 aromatic rings. The average Bonchev–Trinajstić information content (AvgIpc) is 2.66. The van der Waals surface area contributed by atoms with Gasteiger partial charge in [0.05, 0.1) is 24.4 Å². The van der Waals surface area contributed by atoms with Gasteiger partial charge < -0.3 is 10.1 Å². The monoisotopic (exact) mass is 460 g/mol. The summed E-state index contributed by atoms with van der Waals surface area (Å²) in [5, 5.41) is 2.98. The van der Waals surface area contributed by atoms with Gasteiger partial charge in [-0.2, -0.15) is 8.42 Å². The van der Waals surface area contributed by atoms with Gasteiger partial charge in [-0.15, -0.1) is 0 Å². The van der Waals surface area contributed by atoms with E-state index < -0.39 is 27.4 Å². The highest BCUT2D eigenvalue weighted by molar-refractivity contribution is 7.85. The molecule has 0 aromatic heterocycles. The number of amides is 1. The van der Waals surface area contributed by atoms with Gasteiger partial charge in [-0.1, -0.05) is 60.7 Å². The van der Waals surface area contributed by atoms with Crippen LogP contribution in [0.2, 0.25) is 0 Å². The highest BCUT2D eigenvalue weighted by Crippen LogP contribution is 2.37. The summed E-state index contributed by atoms with van der Waals surface area (Å²) in [5.74, 6) is 0. The topological polar surface area (TPSA) is 84.9 Å². The second kappa shape index (κ2) is 9.60. The van der Waals surface area contributed by atoms with Crippen LogP contribution in [0.4, 0.5) is 4.79 Å². The smallest absolute Gasteiger partial charge is 0.408 e. The van der Waals surface area contributed by atoms with Crippen LogP contribution in [0.3, 0.4) is 0 Å². The largest absolute Gasteiger partial charge is 0.444 e. The van der Waals surface area contributed by atoms with E-state index in [4.69, 9.17) is 8.92 Å². The number of ether oxygens (including phenoxy) is 1. The molecule has 1 aliphatic rings. The molecule has 0 radical (unpaired) electrons. The second-order valence-corrected chi connectivity index (χ2v) is 11.0. The average molecular weight is 461 g/mol. The summed E-state index contributed by atoms with van der Waals surface area (Å²) in [6.07, 6.45) is 0.855. The van der Waals surface area contributed by atoms with Gasteiger partial charge in [0, 0.05) is 13.1 Å². The minimum Gasteiger partial charge on any atom is -0.444 e. The highest BCUT2D eigenvalue weighted by atomic mass is 32.2. The van der Waals surface area contributed by atoms with Crippen LogP contribution in [0.15, 0.2) is 60.7 Å². The second-order valence-electron chi connectivity index (χ2n) is 9.31. The summed E-state index contributed by atoms with van der Waals surface area (Å²) in [4.78, 5) is 14.8. The normalized spacial score (nSPS) is 16.4. The molecular formula is C24H32N2O5S. The Morgan fingerprint density at radius 1 is 1.03 bits per heavy atom. The number of hydrogen-bond acceptors (Lipinski definition) is 6. The van der Waals surface area contributed by atoms with Crippen LogP contribution in [0, 0.1) is 0 Å². The maximum absolute atomic E-state index is 12.5. The van der Waals surface area contributed by atoms with Gasteiger partial charge >= 0.3 is 6.09 Å². The summed E-state index contributed by atoms with van der Waals surface area (Å²) in [5.41, 5.74) is 1.03. The molecule has 1 N–H and O–H groups in total. The predicted octanol–water partition coefficient (Wildman–Crippen LogP) is 3.72. The van der Waals surface area contributed by atoms with Crippen LogP contribution in [0.25, 0.3) is 0 Å². The van der Waals surface area contributed by atoms with E-state index in [-0.39, 0.29) is 12.6 Å². The third-order valence-corrected chi connectivity index (χ3v) is 5.85. The van der Waals surface area contributed by atoms with Gasteiger partial charge in [-0.05, 0) is 38.3 Å². The van der Waals surface area contributed by atoms with E-state index in [1.807, 2.05) is 36.4 Å². The van der Waals surface area contributed by atoms with Crippen molar-refractivity contribution in [1.82, 2.24) is 10.2 Å². The fourth-order valence-corrected chi connectivity index (χ4v) is 4.39. The van der Waals surface area contributed by atoms with Crippen molar-refractivity contribution in [3.05, 3.63) is 71.8 Å². The Morgan fingerprint density at radius 2 is 1.53 bits per heavy atom. The van der Waals surface area contributed by atoms with Gasteiger partial charge in [0.15, 0.2) is 0 Å². The van der Waals surface area contributed by atoms with E-state index in [2.05, 4.69) is 34.5 Å². The predicted molar refractivity (Wildman–Crippen MR) is 124 cm³/mol. The Bertz CT molecular complexity index is 958. The first-order valence-electron chi connectivity index (χ1n) is 10.7. The van der Waals surface area contributed by atoms with Gasteiger partial charge in [0.2, 0.25) is 0 Å². The Labute approximate surface area is 190 Å². The number of carbonyl (C=O) groups excluding carboxylic acids is 1. The first-order valence-corrected chi connectivity index (χ1v) is 12.5. The Hall–Kier alpha value is -2.42. The lowest BCUT2D eigenvalue weighted by Crippen LogP contribution is -2.71. The molecule has 0 atom stereocenters. The lowest BCUT2D eigenvalue weighted by Gasteiger charge is -2.53. The van der Waals surface area contributed by atoms with Crippen molar-refractivity contribution in [1.29, 1.82) is 0 Å². The molecule has 1 amide bonds. The maximum Gasteiger partial charge on any atom is 0.408 e. The molecule has 1 heterocycles. The van der Waals surface area contributed by atoms with Crippen LogP contribution < -0.4 is 5.32 Å². The zero-order valence-electron chi connectivity index (χ0n) is 19.1. The quantitative estimate of drug-likeness (QED) is 0.605. The fraction of sp³-hybridized carbons (Fsp3) is 0.458. The van der Waals surface area contributed by atoms with E-state index in [0.29, 0.717) is 19.5 Å². The molecule has 0 aliphatic carbocycles. The molecule has 1 fully saturated rings. The third-order valence-electron chi connectivity index (χ3n) is 5.25. The molecule has 0 saturated carbocycles. The van der Waals surface area contributed by atoms with Crippen LogP contribution in [0.5, 0.6) is 0 Å². The van der Waals surface area contributed by atoms with Gasteiger partial charge in [-0.25, -0.2) is 4.79 Å². The summed E-state index contributed by atoms with van der Waals surface area (Å²) in [6.45, 7) is 6.48. The van der Waals surface area contributed by atoms with E-state index in [1.54, 1.807) is 20.8 Å². The first kappa shape index (κ1) is 24.2. The molecule has 3 rings (SSSR count). The van der Waals surface area contributed by atoms with Gasteiger partial charge in [0.1, 0.15) is 5.60 Å². The number of carbonyl (C=O) groups is 1. The molecule has 1 aliphatic heterocycles. The van der Waals surface area contributed by atoms with Gasteiger partial charge in [-0.3, -0.25) is 9.08 Å². The number of nitrogens with one attached hydrogen (secondary N) is 1. The van der Waals surface area contributed by atoms with Crippen LogP contribution in [0.1, 0.15) is 44.4 Å². The number of likely N-dealkylation sites (tertiary alicyclic amines) is 1. The van der Waals surface area contributed by atoms with Crippen LogP contribution in [-0.2, 0) is 19.0 Å². The van der Waals surface area contributed by atoms with E-state index >= 15 is 0 Å². The Morgan fingerprint density at radius 3 is 1.97 bits per heavy atom. The summed E-state index contributed by atoms with van der Waals surface area (Å²) < 4.78 is 33.3. The molecule has 8 heteroatoms. The standard InChI is InChI=1S/C24H32N2O5S/c1-23(2,3)31-22(27)25-24(15-16-30-32(4,28)29)17-26(18-24)21(19-11-7-5-8-12-19)20-13-9-6-10-14-20/h5-14,21H,15-18H2,1-4H3,(H,25,27). The molecule has 1 saturated heterocycles. The molecule has 2 aromatic carbocycles. The maximum atomic E-state index is 12.5. The lowest BCUT2D eigenvalue weighted by molar-refractivity contribution is -0.0101. The van der Waals surface area contributed by atoms with Gasteiger partial charge in [0.25, 0.3) is 10.1 Å². The molecular weight excluding hydrogens is 428 g/mol. The Kier molecular flexibility index (Phi) is 7.27. The number of rotatable bonds is 8. The van der Waals surface area contributed by atoms with Crippen molar-refractivity contribution in [3.63, 3.8) is 0 Å². The fourth-order valence-electron chi connectivity index (χ4n) is 4.01. The number of nitrogens with zero attached hydrogens (tertiary/aromatic N) is 1. The lowest BCUT2D eigenvalue weighted by atomic mass is 9.82. The zero-order chi connectivity index (χ0) is 23.4. The molecule has 32 heavy (non-hydrogen) atoms. The van der Waals surface area contributed by atoms with E-state index in [0.717, 1.165) is 17.4 Å². The number of alkyl carbamates (subject to hydrolysis) is 1. The zero-order valence-corrected chi connectivity index (χ0v) is 19.9. The minimum atomic E-state index is -3.56. The summed E-state index contributed by atoms with van der Waals surface area (Å²) >= 11 is 0. The van der Waals surface area contributed by atoms with Crippen LogP contribution >= 0.6 is 0 Å². The van der Waals surface area contributed by atoms with Crippen molar-refractivity contribution < 1.29 is 22.1 Å². The molecule has 7 nitrogen and oxygen atoms in total. The first-order chi connectivity index (χ1) is 15.0. The van der Waals surface area contributed by atoms with Crippen molar-refractivity contribution >= 4 is 16.2 Å². The van der Waals surface area contributed by atoms with E-state index in [1.165, 1.54) is 0 Å². The summed E-state index contributed by atoms with van der Waals surface area (Å²) in [7, 11) is -3.56. The van der Waals surface area contributed by atoms with Crippen molar-refractivity contribution in [2.45, 2.75) is 44.4 Å². The van der Waals surface area contributed by atoms with Crippen LogP contribution in [-0.4, -0.2) is 56.5 Å². The summed E-state index contributed by atoms with van der Waals surface area (Å²) in [6, 6.07) is 20.4. The third kappa shape index (κ3) is 6.79. The molecule has 0 unspecified atom stereocenters. The number of hydrogen-bond donors (Lipinski definition) is 1. The van der Waals surface area contributed by atoms with Crippen molar-refractivity contribution in [2.75, 3.05) is 26.0 Å². The minimum absolute atomic E-state index is 0.0101. The highest BCUT2D eigenvalue weighted by Gasteiger charge is 2.47. The van der Waals surface area contributed by atoms with E-state index in [9.17, 15) is 13.2 Å². The molecule has 0 spiro atoms. The molecule has 0 bridgehead atoms. The van der Waals surface area contributed by atoms with Crippen molar-refractivity contribution in [3.8, 4) is 0 Å². The molecule has 174 valence electrons. The van der Waals surface area contributed by atoms with Crippen molar-refractivity contribution in [2.24, 2.45) is 0 Å².